The van der Waals surface area contributed by atoms with E-state index in [1.807, 2.05) is 4.90 Å². The van der Waals surface area contributed by atoms with Crippen LogP contribution in [0.3, 0.4) is 0 Å². The maximum atomic E-state index is 12.2. The van der Waals surface area contributed by atoms with Crippen LogP contribution in [-0.2, 0) is 11.2 Å². The van der Waals surface area contributed by atoms with E-state index >= 15 is 0 Å². The molecule has 18 heavy (non-hydrogen) atoms. The summed E-state index contributed by atoms with van der Waals surface area (Å²) in [6.07, 6.45) is 7.66. The van der Waals surface area contributed by atoms with Gasteiger partial charge in [-0.05, 0) is 19.3 Å². The van der Waals surface area contributed by atoms with Gasteiger partial charge in [-0.3, -0.25) is 9.69 Å². The van der Waals surface area contributed by atoms with E-state index in [1.165, 1.54) is 12.8 Å². The second-order valence-corrected chi connectivity index (χ2v) is 4.91. The highest BCUT2D eigenvalue weighted by molar-refractivity contribution is 5.95. The number of hydrogen-bond donors (Lipinski definition) is 0. The van der Waals surface area contributed by atoms with Crippen LogP contribution in [0.15, 0.2) is 6.20 Å². The molecule has 0 saturated heterocycles. The lowest BCUT2D eigenvalue weighted by Gasteiger charge is -2.32. The van der Waals surface area contributed by atoms with E-state index in [-0.39, 0.29) is 5.91 Å². The van der Waals surface area contributed by atoms with Gasteiger partial charge in [-0.1, -0.05) is 12.8 Å². The Bertz CT molecular complexity index is 469. The highest BCUT2D eigenvalue weighted by Gasteiger charge is 2.33. The number of methoxy groups -OCH3 is 1. The van der Waals surface area contributed by atoms with Crippen molar-refractivity contribution in [2.24, 2.45) is 0 Å². The lowest BCUT2D eigenvalue weighted by atomic mass is 10.0. The third-order valence-electron chi connectivity index (χ3n) is 3.80. The first-order valence-electron chi connectivity index (χ1n) is 6.51. The number of hydrogen-bond acceptors (Lipinski definition) is 4. The van der Waals surface area contributed by atoms with Crippen LogP contribution < -0.4 is 9.64 Å². The van der Waals surface area contributed by atoms with Crippen LogP contribution in [0, 0.1) is 0 Å². The Morgan fingerprint density at radius 3 is 2.83 bits per heavy atom. The number of anilines is 1. The summed E-state index contributed by atoms with van der Waals surface area (Å²) in [5.74, 6) is 0.958. The van der Waals surface area contributed by atoms with E-state index in [4.69, 9.17) is 4.74 Å². The second-order valence-electron chi connectivity index (χ2n) is 4.91. The first-order valence-corrected chi connectivity index (χ1v) is 6.51. The summed E-state index contributed by atoms with van der Waals surface area (Å²) >= 11 is 0. The number of carbonyl (C=O) groups excluding carboxylic acids is 1. The molecule has 5 nitrogen and oxygen atoms in total. The van der Waals surface area contributed by atoms with Crippen molar-refractivity contribution in [1.29, 1.82) is 0 Å². The second kappa shape index (κ2) is 4.55. The van der Waals surface area contributed by atoms with Gasteiger partial charge in [-0.2, -0.15) is 4.98 Å². The average Bonchev–Trinajstić information content (AvgIpc) is 2.91. The normalized spacial score (nSPS) is 20.1. The van der Waals surface area contributed by atoms with E-state index in [9.17, 15) is 4.79 Å². The molecule has 5 heteroatoms. The quantitative estimate of drug-likeness (QED) is 0.798. The van der Waals surface area contributed by atoms with Gasteiger partial charge in [0, 0.05) is 24.2 Å². The summed E-state index contributed by atoms with van der Waals surface area (Å²) in [6, 6.07) is 0.655. The van der Waals surface area contributed by atoms with E-state index in [0.717, 1.165) is 30.6 Å². The Morgan fingerprint density at radius 2 is 2.11 bits per heavy atom. The highest BCUT2D eigenvalue weighted by atomic mass is 16.5. The van der Waals surface area contributed by atoms with Gasteiger partial charge in [0.15, 0.2) is 0 Å². The Kier molecular flexibility index (Phi) is 2.89. The topological polar surface area (TPSA) is 55.3 Å². The molecule has 0 spiro atoms. The lowest BCUT2D eigenvalue weighted by Crippen LogP contribution is -2.42. The summed E-state index contributed by atoms with van der Waals surface area (Å²) in [6.45, 7) is 0. The SMILES string of the molecule is COc1ncc2c(n1)N(C1CCCC1)C(=O)CC2. The Morgan fingerprint density at radius 1 is 1.33 bits per heavy atom. The fourth-order valence-electron chi connectivity index (χ4n) is 2.88. The zero-order chi connectivity index (χ0) is 12.5. The minimum atomic E-state index is 0.190. The standard InChI is InChI=1S/C13H17N3O2/c1-18-13-14-8-9-6-7-11(17)16(12(9)15-13)10-4-2-3-5-10/h8,10H,2-7H2,1H3. The molecule has 0 bridgehead atoms. The van der Waals surface area contributed by atoms with E-state index in [2.05, 4.69) is 9.97 Å². The molecule has 1 aromatic heterocycles. The Hall–Kier alpha value is -1.65. The molecule has 2 aliphatic rings. The van der Waals surface area contributed by atoms with E-state index in [1.54, 1.807) is 13.3 Å². The van der Waals surface area contributed by atoms with Crippen molar-refractivity contribution in [3.63, 3.8) is 0 Å². The van der Waals surface area contributed by atoms with Gasteiger partial charge >= 0.3 is 6.01 Å². The number of rotatable bonds is 2. The number of nitrogens with zero attached hydrogens (tertiary/aromatic N) is 3. The van der Waals surface area contributed by atoms with Crippen LogP contribution in [0.4, 0.5) is 5.82 Å². The minimum absolute atomic E-state index is 0.190. The Labute approximate surface area is 106 Å². The Balaban J connectivity index is 2.00. The van der Waals surface area contributed by atoms with Crippen molar-refractivity contribution >= 4 is 11.7 Å². The van der Waals surface area contributed by atoms with Crippen molar-refractivity contribution in [3.8, 4) is 6.01 Å². The van der Waals surface area contributed by atoms with Gasteiger partial charge in [0.05, 0.1) is 7.11 Å². The third-order valence-corrected chi connectivity index (χ3v) is 3.80. The molecular formula is C13H17N3O2. The molecule has 96 valence electrons. The summed E-state index contributed by atoms with van der Waals surface area (Å²) in [7, 11) is 1.55. The molecule has 1 amide bonds. The molecule has 0 unspecified atom stereocenters. The summed E-state index contributed by atoms with van der Waals surface area (Å²) < 4.78 is 5.07. The van der Waals surface area contributed by atoms with E-state index in [0.29, 0.717) is 18.5 Å². The van der Waals surface area contributed by atoms with Crippen molar-refractivity contribution in [2.45, 2.75) is 44.6 Å². The molecule has 1 aliphatic heterocycles. The highest BCUT2D eigenvalue weighted by Crippen LogP contribution is 2.33. The van der Waals surface area contributed by atoms with Gasteiger partial charge in [-0.15, -0.1) is 0 Å². The average molecular weight is 247 g/mol. The zero-order valence-electron chi connectivity index (χ0n) is 10.6. The summed E-state index contributed by atoms with van der Waals surface area (Å²) in [4.78, 5) is 22.6. The summed E-state index contributed by atoms with van der Waals surface area (Å²) in [5, 5.41) is 0. The van der Waals surface area contributed by atoms with Gasteiger partial charge in [0.25, 0.3) is 0 Å². The van der Waals surface area contributed by atoms with Crippen LogP contribution in [0.5, 0.6) is 6.01 Å². The molecule has 1 saturated carbocycles. The van der Waals surface area contributed by atoms with Crippen LogP contribution in [-0.4, -0.2) is 29.0 Å². The molecule has 2 heterocycles. The molecule has 1 fully saturated rings. The van der Waals surface area contributed by atoms with Crippen molar-refractivity contribution in [2.75, 3.05) is 12.0 Å². The molecule has 0 atom stereocenters. The van der Waals surface area contributed by atoms with Crippen molar-refractivity contribution in [1.82, 2.24) is 9.97 Å². The van der Waals surface area contributed by atoms with Crippen molar-refractivity contribution < 1.29 is 9.53 Å². The maximum absolute atomic E-state index is 12.2. The molecule has 0 aromatic carbocycles. The van der Waals surface area contributed by atoms with Gasteiger partial charge < -0.3 is 4.74 Å². The number of aryl methyl sites for hydroxylation is 1. The fourth-order valence-corrected chi connectivity index (χ4v) is 2.88. The monoisotopic (exact) mass is 247 g/mol. The number of ether oxygens (including phenoxy) is 1. The smallest absolute Gasteiger partial charge is 0.318 e. The first-order chi connectivity index (χ1) is 8.79. The van der Waals surface area contributed by atoms with Crippen LogP contribution in [0.1, 0.15) is 37.7 Å². The number of fused-ring (bicyclic) bond motifs is 1. The van der Waals surface area contributed by atoms with Crippen LogP contribution in [0.2, 0.25) is 0 Å². The third kappa shape index (κ3) is 1.83. The van der Waals surface area contributed by atoms with Crippen molar-refractivity contribution in [3.05, 3.63) is 11.8 Å². The van der Waals surface area contributed by atoms with E-state index < -0.39 is 0 Å². The first kappa shape index (κ1) is 11.4. The minimum Gasteiger partial charge on any atom is -0.467 e. The van der Waals surface area contributed by atoms with Crippen LogP contribution >= 0.6 is 0 Å². The van der Waals surface area contributed by atoms with Gasteiger partial charge in [-0.25, -0.2) is 4.98 Å². The molecule has 1 aromatic rings. The largest absolute Gasteiger partial charge is 0.467 e. The van der Waals surface area contributed by atoms with Gasteiger partial charge in [0.2, 0.25) is 5.91 Å². The number of amides is 1. The predicted octanol–water partition coefficient (Wildman–Crippen LogP) is 1.71. The molecule has 1 aliphatic carbocycles. The maximum Gasteiger partial charge on any atom is 0.318 e. The number of carbonyl (C=O) groups is 1. The molecular weight excluding hydrogens is 230 g/mol. The van der Waals surface area contributed by atoms with Crippen LogP contribution in [0.25, 0.3) is 0 Å². The zero-order valence-corrected chi connectivity index (χ0v) is 10.6. The predicted molar refractivity (Wildman–Crippen MR) is 66.6 cm³/mol. The fraction of sp³-hybridized carbons (Fsp3) is 0.615. The van der Waals surface area contributed by atoms with Gasteiger partial charge in [0.1, 0.15) is 5.82 Å². The molecule has 0 radical (unpaired) electrons. The molecule has 0 N–H and O–H groups in total. The summed E-state index contributed by atoms with van der Waals surface area (Å²) in [5.41, 5.74) is 1.06. The number of aromatic nitrogens is 2. The molecule has 3 rings (SSSR count). The lowest BCUT2D eigenvalue weighted by molar-refractivity contribution is -0.119.